The van der Waals surface area contributed by atoms with E-state index in [2.05, 4.69) is 28.3 Å². The van der Waals surface area contributed by atoms with Crippen molar-refractivity contribution in [3.05, 3.63) is 30.1 Å². The van der Waals surface area contributed by atoms with Crippen LogP contribution in [0.3, 0.4) is 0 Å². The maximum absolute atomic E-state index is 8.72. The fraction of sp³-hybridized carbons (Fsp3) is 0.467. The molecule has 2 aromatic rings. The highest BCUT2D eigenvalue weighted by atomic mass is 16.2. The van der Waals surface area contributed by atoms with Crippen LogP contribution in [0.4, 0.5) is 5.82 Å². The molecule has 19 heavy (non-hydrogen) atoms. The highest BCUT2D eigenvalue weighted by Crippen LogP contribution is 2.22. The lowest BCUT2D eigenvalue weighted by Gasteiger charge is -2.09. The molecule has 0 amide bonds. The molecule has 0 aliphatic carbocycles. The molecule has 4 nitrogen and oxygen atoms in total. The van der Waals surface area contributed by atoms with Gasteiger partial charge in [0, 0.05) is 18.5 Å². The third-order valence-corrected chi connectivity index (χ3v) is 3.25. The first-order valence-electron chi connectivity index (χ1n) is 6.88. The molecule has 2 rings (SSSR count). The minimum absolute atomic E-state index is 0.295. The second-order valence-corrected chi connectivity index (χ2v) is 4.76. The van der Waals surface area contributed by atoms with Crippen molar-refractivity contribution in [3.63, 3.8) is 0 Å². The summed E-state index contributed by atoms with van der Waals surface area (Å²) in [4.78, 5) is 8.63. The minimum Gasteiger partial charge on any atom is -0.396 e. The highest BCUT2D eigenvalue weighted by molar-refractivity contribution is 5.91. The van der Waals surface area contributed by atoms with Crippen LogP contribution in [0.2, 0.25) is 0 Å². The number of unbranched alkanes of at least 4 members (excludes halogenated alkanes) is 3. The fourth-order valence-electron chi connectivity index (χ4n) is 2.21. The summed E-state index contributed by atoms with van der Waals surface area (Å²) >= 11 is 0. The lowest BCUT2D eigenvalue weighted by Crippen LogP contribution is -2.05. The third kappa shape index (κ3) is 3.64. The van der Waals surface area contributed by atoms with Gasteiger partial charge in [0.15, 0.2) is 0 Å². The molecule has 0 aliphatic rings. The normalized spacial score (nSPS) is 10.8. The Hall–Kier alpha value is -1.68. The molecule has 0 spiro atoms. The van der Waals surface area contributed by atoms with E-state index in [0.717, 1.165) is 48.9 Å². The molecule has 0 fully saturated rings. The molecule has 2 N–H and O–H groups in total. The molecule has 0 saturated carbocycles. The first-order chi connectivity index (χ1) is 9.33. The number of aliphatic hydroxyl groups excluding tert-OH is 1. The zero-order valence-corrected chi connectivity index (χ0v) is 11.4. The van der Waals surface area contributed by atoms with Crippen LogP contribution in [-0.2, 0) is 0 Å². The minimum atomic E-state index is 0.295. The van der Waals surface area contributed by atoms with Gasteiger partial charge in [0.05, 0.1) is 5.52 Å². The van der Waals surface area contributed by atoms with Crippen LogP contribution in [0.25, 0.3) is 10.9 Å². The van der Waals surface area contributed by atoms with Gasteiger partial charge in [0.25, 0.3) is 0 Å². The van der Waals surface area contributed by atoms with E-state index >= 15 is 0 Å². The van der Waals surface area contributed by atoms with E-state index in [1.54, 1.807) is 6.33 Å². The van der Waals surface area contributed by atoms with Gasteiger partial charge in [0.2, 0.25) is 0 Å². The number of aromatic nitrogens is 2. The maximum atomic E-state index is 8.72. The van der Waals surface area contributed by atoms with Crippen LogP contribution in [0, 0.1) is 6.92 Å². The summed E-state index contributed by atoms with van der Waals surface area (Å²) in [5.74, 6) is 0.922. The summed E-state index contributed by atoms with van der Waals surface area (Å²) in [5.41, 5.74) is 2.18. The van der Waals surface area contributed by atoms with Crippen LogP contribution in [0.5, 0.6) is 0 Å². The Kier molecular flexibility index (Phi) is 5.10. The van der Waals surface area contributed by atoms with Crippen molar-refractivity contribution >= 4 is 16.7 Å². The molecule has 102 valence electrons. The summed E-state index contributed by atoms with van der Waals surface area (Å²) in [6.07, 6.45) is 5.82. The predicted molar refractivity (Wildman–Crippen MR) is 78.3 cm³/mol. The largest absolute Gasteiger partial charge is 0.396 e. The highest BCUT2D eigenvalue weighted by Gasteiger charge is 2.05. The van der Waals surface area contributed by atoms with Crippen molar-refractivity contribution in [2.24, 2.45) is 0 Å². The number of anilines is 1. The first-order valence-corrected chi connectivity index (χ1v) is 6.88. The Morgan fingerprint density at radius 3 is 2.79 bits per heavy atom. The molecule has 0 aliphatic heterocycles. The topological polar surface area (TPSA) is 58.0 Å². The van der Waals surface area contributed by atoms with Crippen molar-refractivity contribution in [1.29, 1.82) is 0 Å². The number of nitrogens with zero attached hydrogens (tertiary/aromatic N) is 2. The van der Waals surface area contributed by atoms with Gasteiger partial charge in [-0.1, -0.05) is 25.0 Å². The zero-order chi connectivity index (χ0) is 13.5. The van der Waals surface area contributed by atoms with E-state index in [9.17, 15) is 0 Å². The quantitative estimate of drug-likeness (QED) is 0.751. The van der Waals surface area contributed by atoms with E-state index in [0.29, 0.717) is 6.61 Å². The summed E-state index contributed by atoms with van der Waals surface area (Å²) in [5, 5.41) is 13.2. The average Bonchev–Trinajstić information content (AvgIpc) is 2.43. The van der Waals surface area contributed by atoms with Crippen LogP contribution in [-0.4, -0.2) is 28.2 Å². The predicted octanol–water partition coefficient (Wildman–Crippen LogP) is 2.90. The molecule has 1 aromatic carbocycles. The first kappa shape index (κ1) is 13.7. The Labute approximate surface area is 113 Å². The van der Waals surface area contributed by atoms with Crippen molar-refractivity contribution < 1.29 is 5.11 Å². The van der Waals surface area contributed by atoms with E-state index in [4.69, 9.17) is 5.11 Å². The smallest absolute Gasteiger partial charge is 0.137 e. The molecule has 4 heteroatoms. The van der Waals surface area contributed by atoms with Gasteiger partial charge in [-0.25, -0.2) is 9.97 Å². The van der Waals surface area contributed by atoms with E-state index in [1.165, 1.54) is 5.56 Å². The number of nitrogens with one attached hydrogen (secondary N) is 1. The fourth-order valence-corrected chi connectivity index (χ4v) is 2.21. The summed E-state index contributed by atoms with van der Waals surface area (Å²) in [6, 6.07) is 6.11. The van der Waals surface area contributed by atoms with E-state index < -0.39 is 0 Å². The number of hydrogen-bond donors (Lipinski definition) is 2. The monoisotopic (exact) mass is 259 g/mol. The van der Waals surface area contributed by atoms with Crippen molar-refractivity contribution in [3.8, 4) is 0 Å². The van der Waals surface area contributed by atoms with Crippen LogP contribution < -0.4 is 5.32 Å². The lowest BCUT2D eigenvalue weighted by atomic mass is 10.1. The van der Waals surface area contributed by atoms with Crippen LogP contribution >= 0.6 is 0 Å². The van der Waals surface area contributed by atoms with E-state index in [1.807, 2.05) is 12.1 Å². The van der Waals surface area contributed by atoms with Gasteiger partial charge in [-0.15, -0.1) is 0 Å². The second kappa shape index (κ2) is 7.04. The maximum Gasteiger partial charge on any atom is 0.137 e. The van der Waals surface area contributed by atoms with Gasteiger partial charge >= 0.3 is 0 Å². The van der Waals surface area contributed by atoms with Crippen LogP contribution in [0.1, 0.15) is 31.2 Å². The number of benzene rings is 1. The molecule has 0 saturated heterocycles. The van der Waals surface area contributed by atoms with E-state index in [-0.39, 0.29) is 0 Å². The number of rotatable bonds is 7. The van der Waals surface area contributed by atoms with Gasteiger partial charge in [-0.3, -0.25) is 0 Å². The molecule has 0 unspecified atom stereocenters. The number of fused-ring (bicyclic) bond motifs is 1. The standard InChI is InChI=1S/C15H21N3O/c1-12-7-6-8-13-14(12)15(18-11-17-13)16-9-4-2-3-5-10-19/h6-8,11,19H,2-5,9-10H2,1H3,(H,16,17,18). The molecular weight excluding hydrogens is 238 g/mol. The second-order valence-electron chi connectivity index (χ2n) is 4.76. The molecule has 0 radical (unpaired) electrons. The van der Waals surface area contributed by atoms with Crippen molar-refractivity contribution in [2.45, 2.75) is 32.6 Å². The number of hydrogen-bond acceptors (Lipinski definition) is 4. The van der Waals surface area contributed by atoms with Gasteiger partial charge in [0.1, 0.15) is 12.1 Å². The summed E-state index contributed by atoms with van der Waals surface area (Å²) < 4.78 is 0. The molecule has 1 heterocycles. The zero-order valence-electron chi connectivity index (χ0n) is 11.4. The Morgan fingerprint density at radius 1 is 1.11 bits per heavy atom. The number of aryl methyl sites for hydroxylation is 1. The van der Waals surface area contributed by atoms with Gasteiger partial charge in [-0.2, -0.15) is 0 Å². The average molecular weight is 259 g/mol. The van der Waals surface area contributed by atoms with Gasteiger partial charge < -0.3 is 10.4 Å². The third-order valence-electron chi connectivity index (χ3n) is 3.25. The van der Waals surface area contributed by atoms with Crippen molar-refractivity contribution in [1.82, 2.24) is 9.97 Å². The number of aliphatic hydroxyl groups is 1. The Balaban J connectivity index is 1.97. The Bertz CT molecular complexity index is 523. The van der Waals surface area contributed by atoms with Gasteiger partial charge in [-0.05, 0) is 31.4 Å². The molecular formula is C15H21N3O. The summed E-state index contributed by atoms with van der Waals surface area (Å²) in [6.45, 7) is 3.28. The van der Waals surface area contributed by atoms with Crippen LogP contribution in [0.15, 0.2) is 24.5 Å². The SMILES string of the molecule is Cc1cccc2ncnc(NCCCCCCO)c12. The Morgan fingerprint density at radius 2 is 1.95 bits per heavy atom. The lowest BCUT2D eigenvalue weighted by molar-refractivity contribution is 0.283. The summed E-state index contributed by atoms with van der Waals surface area (Å²) in [7, 11) is 0. The molecule has 0 atom stereocenters. The van der Waals surface area contributed by atoms with Crippen molar-refractivity contribution in [2.75, 3.05) is 18.5 Å². The molecule has 0 bridgehead atoms. The molecule has 1 aromatic heterocycles.